The van der Waals surface area contributed by atoms with E-state index < -0.39 is 18.3 Å². The molecule has 0 atom stereocenters. The lowest BCUT2D eigenvalue weighted by Gasteiger charge is -2.32. The molecule has 0 bridgehead atoms. The van der Waals surface area contributed by atoms with Gasteiger partial charge in [0.2, 0.25) is 5.71 Å². The van der Waals surface area contributed by atoms with Crippen LogP contribution in [0.4, 0.5) is 0 Å². The summed E-state index contributed by atoms with van der Waals surface area (Å²) in [5, 5.41) is 2.33. The maximum absolute atomic E-state index is 6.15. The number of rotatable bonds is 1. The molecular formula is C17H17BClNO3. The third-order valence-corrected chi connectivity index (χ3v) is 5.08. The monoisotopic (exact) mass is 329 g/mol. The van der Waals surface area contributed by atoms with Crippen LogP contribution in [-0.4, -0.2) is 23.3 Å². The summed E-state index contributed by atoms with van der Waals surface area (Å²) in [6.45, 7) is 8.14. The highest BCUT2D eigenvalue weighted by Gasteiger charge is 2.52. The van der Waals surface area contributed by atoms with Gasteiger partial charge >= 0.3 is 7.12 Å². The lowest BCUT2D eigenvalue weighted by Crippen LogP contribution is -2.41. The third-order valence-electron chi connectivity index (χ3n) is 4.87. The third kappa shape index (κ3) is 2.18. The van der Waals surface area contributed by atoms with Gasteiger partial charge in [-0.2, -0.15) is 0 Å². The van der Waals surface area contributed by atoms with Crippen molar-refractivity contribution in [2.75, 3.05) is 0 Å². The Morgan fingerprint density at radius 3 is 2.35 bits per heavy atom. The second-order valence-electron chi connectivity index (χ2n) is 6.90. The molecule has 0 amide bonds. The van der Waals surface area contributed by atoms with Gasteiger partial charge in [-0.25, -0.2) is 4.98 Å². The van der Waals surface area contributed by atoms with Gasteiger partial charge < -0.3 is 13.7 Å². The molecule has 3 heterocycles. The largest absolute Gasteiger partial charge is 0.498 e. The van der Waals surface area contributed by atoms with Crippen molar-refractivity contribution in [2.45, 2.75) is 38.9 Å². The van der Waals surface area contributed by atoms with E-state index in [0.29, 0.717) is 10.9 Å². The zero-order valence-corrected chi connectivity index (χ0v) is 14.3. The van der Waals surface area contributed by atoms with Crippen molar-refractivity contribution in [3.05, 3.63) is 35.5 Å². The number of para-hydroxylation sites is 1. The van der Waals surface area contributed by atoms with Gasteiger partial charge in [0.1, 0.15) is 10.7 Å². The fourth-order valence-corrected chi connectivity index (χ4v) is 2.97. The minimum absolute atomic E-state index is 0.395. The maximum Gasteiger partial charge on any atom is 0.498 e. The van der Waals surface area contributed by atoms with E-state index in [2.05, 4.69) is 4.98 Å². The highest BCUT2D eigenvalue weighted by Crippen LogP contribution is 2.37. The van der Waals surface area contributed by atoms with Crippen molar-refractivity contribution in [1.82, 2.24) is 4.98 Å². The van der Waals surface area contributed by atoms with Crippen molar-refractivity contribution >= 4 is 46.3 Å². The van der Waals surface area contributed by atoms with Crippen LogP contribution < -0.4 is 5.46 Å². The molecule has 1 aliphatic heterocycles. The Morgan fingerprint density at radius 2 is 1.65 bits per heavy atom. The molecule has 1 aliphatic rings. The average molecular weight is 330 g/mol. The number of hydrogen-bond donors (Lipinski definition) is 0. The lowest BCUT2D eigenvalue weighted by atomic mass is 9.78. The first kappa shape index (κ1) is 15.0. The molecule has 6 heteroatoms. The number of nitrogens with zero attached hydrogens (tertiary/aromatic N) is 1. The molecule has 4 rings (SSSR count). The Morgan fingerprint density at radius 1 is 0.957 bits per heavy atom. The van der Waals surface area contributed by atoms with E-state index in [0.717, 1.165) is 21.8 Å². The molecule has 0 saturated carbocycles. The molecule has 0 aliphatic carbocycles. The Kier molecular flexibility index (Phi) is 3.08. The van der Waals surface area contributed by atoms with E-state index in [1.807, 2.05) is 52.0 Å². The normalized spacial score (nSPS) is 19.8. The Balaban J connectivity index is 1.90. The zero-order chi connectivity index (χ0) is 16.4. The fraction of sp³-hybridized carbons (Fsp3) is 0.353. The minimum Gasteiger partial charge on any atom is -0.438 e. The molecule has 1 saturated heterocycles. The van der Waals surface area contributed by atoms with E-state index in [9.17, 15) is 0 Å². The van der Waals surface area contributed by atoms with E-state index in [-0.39, 0.29) is 0 Å². The first-order valence-corrected chi connectivity index (χ1v) is 8.00. The SMILES string of the molecule is CC1(C)OB(c2cccc3c2oc2nc(Cl)ccc23)OC1(C)C. The molecule has 118 valence electrons. The van der Waals surface area contributed by atoms with Crippen LogP contribution in [-0.2, 0) is 9.31 Å². The second kappa shape index (κ2) is 4.73. The van der Waals surface area contributed by atoms with Gasteiger partial charge in [-0.15, -0.1) is 0 Å². The molecule has 0 N–H and O–H groups in total. The number of fused-ring (bicyclic) bond motifs is 3. The number of pyridine rings is 1. The second-order valence-corrected chi connectivity index (χ2v) is 7.29. The highest BCUT2D eigenvalue weighted by molar-refractivity contribution is 6.65. The van der Waals surface area contributed by atoms with Gasteiger partial charge in [0.25, 0.3) is 0 Å². The summed E-state index contributed by atoms with van der Waals surface area (Å²) in [6, 6.07) is 9.64. The molecule has 23 heavy (non-hydrogen) atoms. The van der Waals surface area contributed by atoms with Gasteiger partial charge in [0, 0.05) is 16.2 Å². The average Bonchev–Trinajstić information content (AvgIpc) is 2.92. The summed E-state index contributed by atoms with van der Waals surface area (Å²) >= 11 is 5.97. The topological polar surface area (TPSA) is 44.5 Å². The van der Waals surface area contributed by atoms with Crippen molar-refractivity contribution in [2.24, 2.45) is 0 Å². The van der Waals surface area contributed by atoms with E-state index in [1.165, 1.54) is 0 Å². The smallest absolute Gasteiger partial charge is 0.438 e. The zero-order valence-electron chi connectivity index (χ0n) is 13.5. The number of furan rings is 1. The predicted molar refractivity (Wildman–Crippen MR) is 92.2 cm³/mol. The predicted octanol–water partition coefficient (Wildman–Crippen LogP) is 3.93. The first-order chi connectivity index (χ1) is 10.8. The van der Waals surface area contributed by atoms with Crippen LogP contribution in [0.2, 0.25) is 5.15 Å². The molecule has 1 aromatic carbocycles. The van der Waals surface area contributed by atoms with Crippen LogP contribution in [0, 0.1) is 0 Å². The van der Waals surface area contributed by atoms with Gasteiger partial charge in [0.15, 0.2) is 0 Å². The van der Waals surface area contributed by atoms with Crippen LogP contribution in [0.25, 0.3) is 22.1 Å². The lowest BCUT2D eigenvalue weighted by molar-refractivity contribution is 0.00578. The van der Waals surface area contributed by atoms with Crippen LogP contribution >= 0.6 is 11.6 Å². The van der Waals surface area contributed by atoms with E-state index in [1.54, 1.807) is 6.07 Å². The number of benzene rings is 1. The molecule has 0 spiro atoms. The van der Waals surface area contributed by atoms with Gasteiger partial charge in [-0.3, -0.25) is 0 Å². The molecule has 0 unspecified atom stereocenters. The summed E-state index contributed by atoms with van der Waals surface area (Å²) in [6.07, 6.45) is 0. The number of aromatic nitrogens is 1. The summed E-state index contributed by atoms with van der Waals surface area (Å²) in [7, 11) is -0.472. The van der Waals surface area contributed by atoms with Crippen LogP contribution in [0.5, 0.6) is 0 Å². The van der Waals surface area contributed by atoms with Crippen molar-refractivity contribution < 1.29 is 13.7 Å². The van der Waals surface area contributed by atoms with Crippen molar-refractivity contribution in [1.29, 1.82) is 0 Å². The molecule has 2 aromatic heterocycles. The summed E-state index contributed by atoms with van der Waals surface area (Å²) < 4.78 is 18.3. The number of hydrogen-bond acceptors (Lipinski definition) is 4. The van der Waals surface area contributed by atoms with Gasteiger partial charge in [0.05, 0.1) is 11.2 Å². The quantitative estimate of drug-likeness (QED) is 0.501. The summed E-state index contributed by atoms with van der Waals surface area (Å²) in [5.74, 6) is 0. The van der Waals surface area contributed by atoms with Crippen LogP contribution in [0.3, 0.4) is 0 Å². The first-order valence-electron chi connectivity index (χ1n) is 7.62. The van der Waals surface area contributed by atoms with E-state index >= 15 is 0 Å². The molecule has 4 nitrogen and oxygen atoms in total. The minimum atomic E-state index is -0.472. The Labute approximate surface area is 139 Å². The molecule has 3 aromatic rings. The maximum atomic E-state index is 6.15. The summed E-state index contributed by atoms with van der Waals surface area (Å²) in [5.41, 5.74) is 1.34. The van der Waals surface area contributed by atoms with Crippen LogP contribution in [0.15, 0.2) is 34.7 Å². The Hall–Kier alpha value is -1.56. The van der Waals surface area contributed by atoms with Gasteiger partial charge in [-0.1, -0.05) is 29.8 Å². The molecule has 1 fully saturated rings. The van der Waals surface area contributed by atoms with Gasteiger partial charge in [-0.05, 0) is 39.8 Å². The van der Waals surface area contributed by atoms with E-state index in [4.69, 9.17) is 25.3 Å². The van der Waals surface area contributed by atoms with Crippen molar-refractivity contribution in [3.8, 4) is 0 Å². The highest BCUT2D eigenvalue weighted by atomic mass is 35.5. The molecular weight excluding hydrogens is 312 g/mol. The fourth-order valence-electron chi connectivity index (χ4n) is 2.83. The summed E-state index contributed by atoms with van der Waals surface area (Å²) in [4.78, 5) is 4.25. The van der Waals surface area contributed by atoms with Crippen LogP contribution in [0.1, 0.15) is 27.7 Å². The Bertz CT molecular complexity index is 903. The van der Waals surface area contributed by atoms with Crippen molar-refractivity contribution in [3.63, 3.8) is 0 Å². The molecule has 0 radical (unpaired) electrons. The standard InChI is InChI=1S/C17H17BClNO3/c1-16(2)17(3,4)23-18(22-16)12-7-5-6-10-11-8-9-13(19)20-15(11)21-14(10)12/h5-9H,1-4H3. The number of halogens is 1.